The SMILES string of the molecule is Cc1ccc(CN2CCC(N3CCCC(C(=O)NCc4ccccn4)C3)CC2)o1. The first-order chi connectivity index (χ1) is 14.2. The van der Waals surface area contributed by atoms with E-state index in [2.05, 4.69) is 26.2 Å². The van der Waals surface area contributed by atoms with Crippen molar-refractivity contribution in [3.63, 3.8) is 0 Å². The summed E-state index contributed by atoms with van der Waals surface area (Å²) in [5.74, 6) is 2.31. The van der Waals surface area contributed by atoms with E-state index in [-0.39, 0.29) is 11.8 Å². The van der Waals surface area contributed by atoms with Gasteiger partial charge in [-0.2, -0.15) is 0 Å². The predicted octanol–water partition coefficient (Wildman–Crippen LogP) is 2.98. The molecule has 1 amide bonds. The molecule has 0 radical (unpaired) electrons. The Labute approximate surface area is 173 Å². The Bertz CT molecular complexity index is 783. The molecule has 2 aromatic heterocycles. The number of piperidine rings is 2. The lowest BCUT2D eigenvalue weighted by atomic mass is 9.93. The number of carbonyl (C=O) groups is 1. The standard InChI is InChI=1S/C23H32N4O2/c1-18-7-8-22(29-18)17-26-13-9-21(10-14-26)27-12-4-5-19(16-27)23(28)25-15-20-6-2-3-11-24-20/h2-3,6-8,11,19,21H,4-5,9-10,12-17H2,1H3,(H,25,28). The predicted molar refractivity (Wildman–Crippen MR) is 112 cm³/mol. The summed E-state index contributed by atoms with van der Waals surface area (Å²) in [6.07, 6.45) is 6.20. The van der Waals surface area contributed by atoms with Crippen LogP contribution in [0.25, 0.3) is 0 Å². The second-order valence-electron chi connectivity index (χ2n) is 8.39. The highest BCUT2D eigenvalue weighted by Crippen LogP contribution is 2.25. The molecule has 2 aliphatic heterocycles. The zero-order valence-electron chi connectivity index (χ0n) is 17.3. The Balaban J connectivity index is 1.23. The number of nitrogens with one attached hydrogen (secondary N) is 1. The summed E-state index contributed by atoms with van der Waals surface area (Å²) in [7, 11) is 0. The van der Waals surface area contributed by atoms with Crippen LogP contribution in [0, 0.1) is 12.8 Å². The third kappa shape index (κ3) is 5.46. The molecule has 6 heteroatoms. The first kappa shape index (κ1) is 20.1. The van der Waals surface area contributed by atoms with Gasteiger partial charge in [-0.25, -0.2) is 0 Å². The number of hydrogen-bond donors (Lipinski definition) is 1. The van der Waals surface area contributed by atoms with E-state index in [1.807, 2.05) is 31.2 Å². The summed E-state index contributed by atoms with van der Waals surface area (Å²) >= 11 is 0. The zero-order valence-corrected chi connectivity index (χ0v) is 17.3. The molecule has 2 aliphatic rings. The van der Waals surface area contributed by atoms with Crippen LogP contribution in [-0.4, -0.2) is 52.9 Å². The normalized spacial score (nSPS) is 21.9. The van der Waals surface area contributed by atoms with Crippen LogP contribution in [0.1, 0.15) is 42.9 Å². The van der Waals surface area contributed by atoms with Crippen LogP contribution < -0.4 is 5.32 Å². The number of furan rings is 1. The molecule has 0 saturated carbocycles. The van der Waals surface area contributed by atoms with Crippen LogP contribution >= 0.6 is 0 Å². The Morgan fingerprint density at radius 3 is 2.76 bits per heavy atom. The lowest BCUT2D eigenvalue weighted by molar-refractivity contribution is -0.127. The minimum absolute atomic E-state index is 0.0941. The van der Waals surface area contributed by atoms with Gasteiger partial charge in [0, 0.05) is 31.9 Å². The van der Waals surface area contributed by atoms with E-state index in [0.717, 1.165) is 62.8 Å². The molecule has 1 unspecified atom stereocenters. The quantitative estimate of drug-likeness (QED) is 0.813. The van der Waals surface area contributed by atoms with Gasteiger partial charge in [0.05, 0.1) is 24.7 Å². The number of aryl methyl sites for hydroxylation is 1. The maximum atomic E-state index is 12.7. The monoisotopic (exact) mass is 396 g/mol. The zero-order chi connectivity index (χ0) is 20.1. The van der Waals surface area contributed by atoms with Gasteiger partial charge in [-0.3, -0.25) is 19.6 Å². The number of pyridine rings is 1. The number of amides is 1. The highest BCUT2D eigenvalue weighted by Gasteiger charge is 2.31. The molecular formula is C23H32N4O2. The Hall–Kier alpha value is -2.18. The summed E-state index contributed by atoms with van der Waals surface area (Å²) in [6.45, 7) is 7.60. The van der Waals surface area contributed by atoms with E-state index >= 15 is 0 Å². The third-order valence-electron chi connectivity index (χ3n) is 6.24. The molecule has 4 rings (SSSR count). The molecule has 0 spiro atoms. The summed E-state index contributed by atoms with van der Waals surface area (Å²) in [5.41, 5.74) is 0.910. The average molecular weight is 397 g/mol. The molecule has 29 heavy (non-hydrogen) atoms. The van der Waals surface area contributed by atoms with Gasteiger partial charge in [-0.1, -0.05) is 6.07 Å². The molecule has 6 nitrogen and oxygen atoms in total. The molecule has 2 fully saturated rings. The van der Waals surface area contributed by atoms with Crippen molar-refractivity contribution < 1.29 is 9.21 Å². The van der Waals surface area contributed by atoms with Crippen LogP contribution in [0.4, 0.5) is 0 Å². The van der Waals surface area contributed by atoms with Crippen molar-refractivity contribution in [2.45, 2.75) is 51.7 Å². The number of aromatic nitrogens is 1. The summed E-state index contributed by atoms with van der Waals surface area (Å²) in [6, 6.07) is 10.5. The Kier molecular flexibility index (Phi) is 6.62. The average Bonchev–Trinajstić information content (AvgIpc) is 3.18. The number of likely N-dealkylation sites (tertiary alicyclic amines) is 2. The van der Waals surface area contributed by atoms with E-state index in [4.69, 9.17) is 4.42 Å². The first-order valence-electron chi connectivity index (χ1n) is 10.9. The first-order valence-corrected chi connectivity index (χ1v) is 10.9. The van der Waals surface area contributed by atoms with E-state index in [1.165, 1.54) is 12.8 Å². The molecule has 0 bridgehead atoms. The molecule has 0 aromatic carbocycles. The van der Waals surface area contributed by atoms with Crippen molar-refractivity contribution in [2.75, 3.05) is 26.2 Å². The number of carbonyl (C=O) groups excluding carboxylic acids is 1. The van der Waals surface area contributed by atoms with Gasteiger partial charge >= 0.3 is 0 Å². The molecule has 2 saturated heterocycles. The van der Waals surface area contributed by atoms with Gasteiger partial charge in [-0.15, -0.1) is 0 Å². The molecule has 1 atom stereocenters. The van der Waals surface area contributed by atoms with Crippen molar-refractivity contribution in [2.24, 2.45) is 5.92 Å². The van der Waals surface area contributed by atoms with Crippen molar-refractivity contribution >= 4 is 5.91 Å². The van der Waals surface area contributed by atoms with Gasteiger partial charge in [0.15, 0.2) is 0 Å². The fraction of sp³-hybridized carbons (Fsp3) is 0.565. The van der Waals surface area contributed by atoms with E-state index in [9.17, 15) is 4.79 Å². The van der Waals surface area contributed by atoms with Gasteiger partial charge < -0.3 is 9.73 Å². The fourth-order valence-electron chi connectivity index (χ4n) is 4.61. The summed E-state index contributed by atoms with van der Waals surface area (Å²) in [4.78, 5) is 22.0. The van der Waals surface area contributed by atoms with Crippen molar-refractivity contribution in [1.29, 1.82) is 0 Å². The van der Waals surface area contributed by atoms with Gasteiger partial charge in [-0.05, 0) is 63.4 Å². The summed E-state index contributed by atoms with van der Waals surface area (Å²) < 4.78 is 5.72. The van der Waals surface area contributed by atoms with Crippen LogP contribution in [0.3, 0.4) is 0 Å². The summed E-state index contributed by atoms with van der Waals surface area (Å²) in [5, 5.41) is 3.08. The largest absolute Gasteiger partial charge is 0.465 e. The molecule has 156 valence electrons. The van der Waals surface area contributed by atoms with Crippen LogP contribution in [-0.2, 0) is 17.9 Å². The van der Waals surface area contributed by atoms with E-state index < -0.39 is 0 Å². The van der Waals surface area contributed by atoms with Gasteiger partial charge in [0.25, 0.3) is 0 Å². The number of hydrogen-bond acceptors (Lipinski definition) is 5. The van der Waals surface area contributed by atoms with Crippen LogP contribution in [0.5, 0.6) is 0 Å². The molecule has 2 aromatic rings. The minimum Gasteiger partial charge on any atom is -0.465 e. The number of rotatable bonds is 6. The lowest BCUT2D eigenvalue weighted by Crippen LogP contribution is -2.50. The topological polar surface area (TPSA) is 61.6 Å². The highest BCUT2D eigenvalue weighted by molar-refractivity contribution is 5.78. The van der Waals surface area contributed by atoms with Crippen molar-refractivity contribution in [3.05, 3.63) is 53.7 Å². The van der Waals surface area contributed by atoms with Crippen LogP contribution in [0.15, 0.2) is 40.9 Å². The minimum atomic E-state index is 0.0941. The second kappa shape index (κ2) is 9.55. The molecular weight excluding hydrogens is 364 g/mol. The van der Waals surface area contributed by atoms with Crippen LogP contribution in [0.2, 0.25) is 0 Å². The molecule has 4 heterocycles. The molecule has 1 N–H and O–H groups in total. The maximum absolute atomic E-state index is 12.7. The Morgan fingerprint density at radius 1 is 1.17 bits per heavy atom. The second-order valence-corrected chi connectivity index (χ2v) is 8.39. The lowest BCUT2D eigenvalue weighted by Gasteiger charge is -2.41. The van der Waals surface area contributed by atoms with Gasteiger partial charge in [0.1, 0.15) is 11.5 Å². The smallest absolute Gasteiger partial charge is 0.224 e. The highest BCUT2D eigenvalue weighted by atomic mass is 16.3. The number of nitrogens with zero attached hydrogens (tertiary/aromatic N) is 3. The molecule has 0 aliphatic carbocycles. The third-order valence-corrected chi connectivity index (χ3v) is 6.24. The maximum Gasteiger partial charge on any atom is 0.224 e. The van der Waals surface area contributed by atoms with E-state index in [1.54, 1.807) is 6.20 Å². The van der Waals surface area contributed by atoms with Crippen molar-refractivity contribution in [1.82, 2.24) is 20.1 Å². The van der Waals surface area contributed by atoms with E-state index in [0.29, 0.717) is 12.6 Å². The van der Waals surface area contributed by atoms with Gasteiger partial charge in [0.2, 0.25) is 5.91 Å². The Morgan fingerprint density at radius 2 is 2.03 bits per heavy atom. The fourth-order valence-corrected chi connectivity index (χ4v) is 4.61. The van der Waals surface area contributed by atoms with Crippen molar-refractivity contribution in [3.8, 4) is 0 Å².